The van der Waals surface area contributed by atoms with E-state index in [-0.39, 0.29) is 11.3 Å². The molecule has 0 aromatic carbocycles. The molecule has 2 aliphatic heterocycles. The van der Waals surface area contributed by atoms with Gasteiger partial charge in [0.1, 0.15) is 0 Å². The van der Waals surface area contributed by atoms with Crippen molar-refractivity contribution in [3.63, 3.8) is 0 Å². The van der Waals surface area contributed by atoms with Crippen LogP contribution in [-0.2, 0) is 9.59 Å². The van der Waals surface area contributed by atoms with Crippen molar-refractivity contribution < 1.29 is 9.59 Å². The van der Waals surface area contributed by atoms with Crippen LogP contribution in [0.1, 0.15) is 6.92 Å². The molecule has 7 nitrogen and oxygen atoms in total. The summed E-state index contributed by atoms with van der Waals surface area (Å²) in [6, 6.07) is 1.25. The Bertz CT molecular complexity index is 841. The molecule has 0 fully saturated rings. The molecule has 24 heavy (non-hydrogen) atoms. The Morgan fingerprint density at radius 2 is 2.25 bits per heavy atom. The Balaban J connectivity index is 1.85. The number of aliphatic imine (C=N–C) groups is 3. The number of hydrogen-bond acceptors (Lipinski definition) is 4. The molecular weight excluding hydrogens is 330 g/mol. The fourth-order valence-electron chi connectivity index (χ4n) is 2.36. The van der Waals surface area contributed by atoms with E-state index in [1.54, 1.807) is 31.2 Å². The SMILES string of the molecule is C[C@H](N=C1N=CC(C#N)C(=O)N1)C1=CC2=CC(Cl)C=CC2=NC1=O. The number of halogens is 1. The minimum absolute atomic E-state index is 0.0650. The number of dihydropyridines is 1. The molecule has 3 aliphatic rings. The van der Waals surface area contributed by atoms with Crippen LogP contribution in [0, 0.1) is 17.2 Å². The van der Waals surface area contributed by atoms with E-state index in [1.165, 1.54) is 6.21 Å². The topological polar surface area (TPSA) is 107 Å². The monoisotopic (exact) mass is 341 g/mol. The number of carbonyl (C=O) groups excluding carboxylic acids is 2. The Labute approximate surface area is 142 Å². The standard InChI is InChI=1S/C16H12ClN5O2/c1-8(20-16-19-7-10(6-18)14(23)22-16)12-5-9-4-11(17)2-3-13(9)21-15(12)24/h2-5,7-8,10-11H,1H3,(H,20,22,23)/t8-,10?,11?/m0/s1. The zero-order valence-electron chi connectivity index (χ0n) is 12.6. The van der Waals surface area contributed by atoms with Crippen molar-refractivity contribution in [2.75, 3.05) is 0 Å². The van der Waals surface area contributed by atoms with E-state index in [0.717, 1.165) is 5.57 Å². The van der Waals surface area contributed by atoms with Crippen LogP contribution in [0.4, 0.5) is 0 Å². The first-order valence-electron chi connectivity index (χ1n) is 7.19. The second-order valence-electron chi connectivity index (χ2n) is 5.33. The van der Waals surface area contributed by atoms with Crippen LogP contribution in [0.3, 0.4) is 0 Å². The Kier molecular flexibility index (Phi) is 4.23. The summed E-state index contributed by atoms with van der Waals surface area (Å²) in [5, 5.41) is 10.9. The van der Waals surface area contributed by atoms with Crippen LogP contribution in [0.5, 0.6) is 0 Å². The molecule has 3 atom stereocenters. The molecule has 1 aliphatic carbocycles. The van der Waals surface area contributed by atoms with Crippen LogP contribution < -0.4 is 5.32 Å². The number of nitrogens with zero attached hydrogens (tertiary/aromatic N) is 4. The Hall–Kier alpha value is -2.85. The molecule has 0 aromatic rings. The Morgan fingerprint density at radius 1 is 1.46 bits per heavy atom. The van der Waals surface area contributed by atoms with Crippen molar-refractivity contribution in [3.05, 3.63) is 35.5 Å². The lowest BCUT2D eigenvalue weighted by atomic mass is 9.95. The van der Waals surface area contributed by atoms with Gasteiger partial charge in [-0.2, -0.15) is 5.26 Å². The fraction of sp³-hybridized carbons (Fsp3) is 0.250. The number of fused-ring (bicyclic) bond motifs is 1. The summed E-state index contributed by atoms with van der Waals surface area (Å²) in [5.41, 5.74) is 1.71. The van der Waals surface area contributed by atoms with Crippen LogP contribution in [0.15, 0.2) is 50.4 Å². The Morgan fingerprint density at radius 3 is 2.96 bits per heavy atom. The maximum absolute atomic E-state index is 12.2. The lowest BCUT2D eigenvalue weighted by Gasteiger charge is -2.19. The van der Waals surface area contributed by atoms with Gasteiger partial charge in [-0.1, -0.05) is 12.2 Å². The molecular formula is C16H12ClN5O2. The number of rotatable bonds is 2. The molecule has 8 heteroatoms. The van der Waals surface area contributed by atoms with Crippen molar-refractivity contribution in [1.82, 2.24) is 5.32 Å². The third kappa shape index (κ3) is 3.09. The fourth-order valence-corrected chi connectivity index (χ4v) is 2.57. The van der Waals surface area contributed by atoms with Gasteiger partial charge in [0.05, 0.1) is 23.2 Å². The van der Waals surface area contributed by atoms with Gasteiger partial charge in [-0.3, -0.25) is 14.9 Å². The molecule has 0 spiro atoms. The van der Waals surface area contributed by atoms with Gasteiger partial charge in [0, 0.05) is 11.8 Å². The summed E-state index contributed by atoms with van der Waals surface area (Å²) < 4.78 is 0. The first-order chi connectivity index (χ1) is 11.5. The van der Waals surface area contributed by atoms with Crippen molar-refractivity contribution in [3.8, 4) is 6.07 Å². The molecule has 2 amide bonds. The first kappa shape index (κ1) is 16.0. The van der Waals surface area contributed by atoms with E-state index < -0.39 is 23.8 Å². The molecule has 0 aromatic heterocycles. The van der Waals surface area contributed by atoms with Gasteiger partial charge in [-0.25, -0.2) is 15.0 Å². The number of allylic oxidation sites excluding steroid dienone is 5. The van der Waals surface area contributed by atoms with E-state index in [2.05, 4.69) is 20.3 Å². The average molecular weight is 342 g/mol. The lowest BCUT2D eigenvalue weighted by Crippen LogP contribution is -2.40. The number of hydrogen-bond donors (Lipinski definition) is 1. The van der Waals surface area contributed by atoms with Crippen LogP contribution in [0.25, 0.3) is 0 Å². The predicted octanol–water partition coefficient (Wildman–Crippen LogP) is 1.08. The van der Waals surface area contributed by atoms with E-state index in [4.69, 9.17) is 16.9 Å². The molecule has 2 unspecified atom stereocenters. The van der Waals surface area contributed by atoms with Crippen LogP contribution in [0.2, 0.25) is 0 Å². The zero-order valence-corrected chi connectivity index (χ0v) is 13.4. The van der Waals surface area contributed by atoms with E-state index in [9.17, 15) is 9.59 Å². The zero-order chi connectivity index (χ0) is 17.3. The summed E-state index contributed by atoms with van der Waals surface area (Å²) in [5.74, 6) is -1.75. The van der Waals surface area contributed by atoms with Gasteiger partial charge in [0.2, 0.25) is 11.9 Å². The van der Waals surface area contributed by atoms with Crippen molar-refractivity contribution >= 4 is 41.3 Å². The van der Waals surface area contributed by atoms with Gasteiger partial charge in [-0.15, -0.1) is 11.6 Å². The number of nitriles is 1. The van der Waals surface area contributed by atoms with Crippen molar-refractivity contribution in [2.24, 2.45) is 20.9 Å². The molecule has 0 saturated carbocycles. The summed E-state index contributed by atoms with van der Waals surface area (Å²) in [6.45, 7) is 1.70. The normalized spacial score (nSPS) is 28.4. The highest BCUT2D eigenvalue weighted by molar-refractivity contribution is 6.27. The van der Waals surface area contributed by atoms with Gasteiger partial charge < -0.3 is 0 Å². The highest BCUT2D eigenvalue weighted by atomic mass is 35.5. The second kappa shape index (κ2) is 6.34. The quantitative estimate of drug-likeness (QED) is 0.759. The number of amides is 2. The summed E-state index contributed by atoms with van der Waals surface area (Å²) in [6.07, 6.45) is 8.18. The summed E-state index contributed by atoms with van der Waals surface area (Å²) in [7, 11) is 0. The van der Waals surface area contributed by atoms with Gasteiger partial charge in [0.15, 0.2) is 5.92 Å². The lowest BCUT2D eigenvalue weighted by molar-refractivity contribution is -0.120. The summed E-state index contributed by atoms with van der Waals surface area (Å²) in [4.78, 5) is 36.0. The largest absolute Gasteiger partial charge is 0.293 e. The van der Waals surface area contributed by atoms with E-state index in [0.29, 0.717) is 11.3 Å². The number of alkyl halides is 1. The van der Waals surface area contributed by atoms with Crippen molar-refractivity contribution in [1.29, 1.82) is 5.26 Å². The molecule has 0 bridgehead atoms. The average Bonchev–Trinajstić information content (AvgIpc) is 2.54. The molecule has 0 saturated heterocycles. The van der Waals surface area contributed by atoms with Crippen LogP contribution in [-0.4, -0.2) is 41.1 Å². The third-order valence-corrected chi connectivity index (χ3v) is 3.89. The number of nitrogens with one attached hydrogen (secondary N) is 1. The molecule has 3 rings (SSSR count). The third-order valence-electron chi connectivity index (χ3n) is 3.62. The predicted molar refractivity (Wildman–Crippen MR) is 90.0 cm³/mol. The molecule has 1 N–H and O–H groups in total. The smallest absolute Gasteiger partial charge is 0.275 e. The van der Waals surface area contributed by atoms with Gasteiger partial charge >= 0.3 is 0 Å². The van der Waals surface area contributed by atoms with E-state index in [1.807, 2.05) is 6.07 Å². The number of guanidine groups is 1. The molecule has 2 heterocycles. The van der Waals surface area contributed by atoms with Gasteiger partial charge in [0.25, 0.3) is 5.91 Å². The van der Waals surface area contributed by atoms with Crippen LogP contribution >= 0.6 is 11.6 Å². The summed E-state index contributed by atoms with van der Waals surface area (Å²) >= 11 is 6.05. The second-order valence-corrected chi connectivity index (χ2v) is 5.83. The highest BCUT2D eigenvalue weighted by Gasteiger charge is 2.26. The minimum Gasteiger partial charge on any atom is -0.293 e. The molecule has 0 radical (unpaired) electrons. The molecule has 120 valence electrons. The maximum Gasteiger partial charge on any atom is 0.275 e. The van der Waals surface area contributed by atoms with Crippen molar-refractivity contribution in [2.45, 2.75) is 18.3 Å². The highest BCUT2D eigenvalue weighted by Crippen LogP contribution is 2.23. The minimum atomic E-state index is -0.929. The number of carbonyl (C=O) groups is 2. The van der Waals surface area contributed by atoms with E-state index >= 15 is 0 Å². The maximum atomic E-state index is 12.2. The van der Waals surface area contributed by atoms with Gasteiger partial charge in [-0.05, 0) is 24.6 Å². The first-order valence-corrected chi connectivity index (χ1v) is 7.63.